The van der Waals surface area contributed by atoms with E-state index in [1.807, 2.05) is 0 Å². The molecule has 1 aliphatic rings. The van der Waals surface area contributed by atoms with Gasteiger partial charge in [0.2, 0.25) is 0 Å². The summed E-state index contributed by atoms with van der Waals surface area (Å²) in [6.07, 6.45) is 0. The van der Waals surface area contributed by atoms with E-state index in [0.717, 1.165) is 32.4 Å². The van der Waals surface area contributed by atoms with Crippen molar-refractivity contribution < 1.29 is 28.8 Å². The minimum absolute atomic E-state index is 0.0311. The first-order valence-electron chi connectivity index (χ1n) is 5.66. The Morgan fingerprint density at radius 2 is 1.81 bits per heavy atom. The van der Waals surface area contributed by atoms with Crippen LogP contribution in [-0.2, 0) is 24.6 Å². The van der Waals surface area contributed by atoms with Crippen molar-refractivity contribution in [3.63, 3.8) is 0 Å². The van der Waals surface area contributed by atoms with Crippen LogP contribution in [0, 0.1) is 10.1 Å². The minimum atomic E-state index is -2.23. The number of rotatable bonds is 3. The fourth-order valence-electron chi connectivity index (χ4n) is 2.17. The Hall–Kier alpha value is -2.97. The number of nitro benzene ring substituents is 1. The molecule has 0 unspecified atom stereocenters. The zero-order valence-corrected chi connectivity index (χ0v) is 11.0. The number of non-ortho nitro benzene ring substituents is 1. The fraction of sp³-hybridized carbons (Fsp3) is 0.250. The average Bonchev–Trinajstić information content (AvgIpc) is 2.79. The maximum Gasteiger partial charge on any atom is 0.348 e. The number of hydrogen-bond acceptors (Lipinski definition) is 7. The summed E-state index contributed by atoms with van der Waals surface area (Å²) < 4.78 is 9.08. The van der Waals surface area contributed by atoms with E-state index in [2.05, 4.69) is 14.8 Å². The van der Waals surface area contributed by atoms with E-state index in [1.165, 1.54) is 0 Å². The van der Waals surface area contributed by atoms with Crippen LogP contribution >= 0.6 is 0 Å². The molecule has 2 rings (SSSR count). The van der Waals surface area contributed by atoms with Crippen LogP contribution in [0.4, 0.5) is 5.69 Å². The van der Waals surface area contributed by atoms with E-state index in [9.17, 15) is 24.5 Å². The second kappa shape index (κ2) is 4.85. The summed E-state index contributed by atoms with van der Waals surface area (Å²) in [5.74, 6) is -2.92. The number of nitro groups is 1. The van der Waals surface area contributed by atoms with Crippen molar-refractivity contribution in [2.75, 3.05) is 14.2 Å². The Morgan fingerprint density at radius 3 is 2.29 bits per heavy atom. The molecular weight excluding hydrogens is 284 g/mol. The molecule has 0 atom stereocenters. The van der Waals surface area contributed by atoms with Gasteiger partial charge in [0.05, 0.1) is 19.1 Å². The van der Waals surface area contributed by atoms with Gasteiger partial charge < -0.3 is 14.8 Å². The van der Waals surface area contributed by atoms with Gasteiger partial charge in [-0.15, -0.1) is 0 Å². The summed E-state index contributed by atoms with van der Waals surface area (Å²) in [4.78, 5) is 46.1. The highest BCUT2D eigenvalue weighted by atomic mass is 16.6. The summed E-state index contributed by atoms with van der Waals surface area (Å²) >= 11 is 0. The lowest BCUT2D eigenvalue weighted by molar-refractivity contribution is -0.384. The molecule has 9 heteroatoms. The second-order valence-electron chi connectivity index (χ2n) is 4.17. The van der Waals surface area contributed by atoms with Gasteiger partial charge >= 0.3 is 11.9 Å². The number of nitrogens with zero attached hydrogens (tertiary/aromatic N) is 1. The van der Waals surface area contributed by atoms with Gasteiger partial charge in [-0.1, -0.05) is 0 Å². The number of esters is 2. The third-order valence-electron chi connectivity index (χ3n) is 3.15. The molecule has 0 bridgehead atoms. The lowest BCUT2D eigenvalue weighted by Gasteiger charge is -2.23. The van der Waals surface area contributed by atoms with E-state index in [-0.39, 0.29) is 16.8 Å². The van der Waals surface area contributed by atoms with Crippen molar-refractivity contribution in [2.24, 2.45) is 0 Å². The van der Waals surface area contributed by atoms with Gasteiger partial charge in [-0.3, -0.25) is 14.9 Å². The number of amides is 1. The molecule has 0 radical (unpaired) electrons. The lowest BCUT2D eigenvalue weighted by Crippen LogP contribution is -2.54. The molecule has 1 N–H and O–H groups in total. The summed E-state index contributed by atoms with van der Waals surface area (Å²) in [5.41, 5.74) is -2.80. The first-order chi connectivity index (χ1) is 9.88. The molecule has 110 valence electrons. The second-order valence-corrected chi connectivity index (χ2v) is 4.17. The van der Waals surface area contributed by atoms with Gasteiger partial charge in [0, 0.05) is 23.3 Å². The molecule has 1 aliphatic heterocycles. The molecule has 1 aromatic rings. The Labute approximate surface area is 118 Å². The van der Waals surface area contributed by atoms with Gasteiger partial charge in [0.15, 0.2) is 0 Å². The van der Waals surface area contributed by atoms with Gasteiger partial charge in [-0.25, -0.2) is 9.59 Å². The van der Waals surface area contributed by atoms with Crippen LogP contribution in [0.2, 0.25) is 0 Å². The van der Waals surface area contributed by atoms with Crippen LogP contribution in [0.5, 0.6) is 0 Å². The van der Waals surface area contributed by atoms with Crippen LogP contribution in [-0.4, -0.2) is 37.0 Å². The summed E-state index contributed by atoms with van der Waals surface area (Å²) in [7, 11) is 2.04. The van der Waals surface area contributed by atoms with E-state index >= 15 is 0 Å². The summed E-state index contributed by atoms with van der Waals surface area (Å²) in [5, 5.41) is 13.0. The van der Waals surface area contributed by atoms with E-state index in [1.54, 1.807) is 0 Å². The molecule has 0 fully saturated rings. The number of fused-ring (bicyclic) bond motifs is 1. The van der Waals surface area contributed by atoms with Crippen molar-refractivity contribution in [3.8, 4) is 0 Å². The summed E-state index contributed by atoms with van der Waals surface area (Å²) in [6, 6.07) is 3.24. The standard InChI is InChI=1S/C12H10N2O7/c1-20-10(16)12(11(17)21-2)8-5-6(14(18)19)3-4-7(8)9(15)13-12/h3-5H,1-2H3,(H,13,15). The SMILES string of the molecule is COC(=O)C1(C(=O)OC)NC(=O)c2ccc([N+](=O)[O-])cc21. The largest absolute Gasteiger partial charge is 0.467 e. The van der Waals surface area contributed by atoms with Gasteiger partial charge in [0.1, 0.15) is 0 Å². The first kappa shape index (κ1) is 14.4. The molecule has 0 saturated heterocycles. The zero-order valence-electron chi connectivity index (χ0n) is 11.0. The minimum Gasteiger partial charge on any atom is -0.467 e. The third-order valence-corrected chi connectivity index (χ3v) is 3.15. The number of nitrogens with one attached hydrogen (secondary N) is 1. The highest BCUT2D eigenvalue weighted by Gasteiger charge is 2.57. The monoisotopic (exact) mass is 294 g/mol. The molecule has 0 spiro atoms. The number of benzene rings is 1. The highest BCUT2D eigenvalue weighted by Crippen LogP contribution is 2.35. The maximum absolute atomic E-state index is 12.0. The Kier molecular flexibility index (Phi) is 3.34. The predicted molar refractivity (Wildman–Crippen MR) is 66.3 cm³/mol. The molecule has 1 aromatic carbocycles. The molecule has 9 nitrogen and oxygen atoms in total. The quantitative estimate of drug-likeness (QED) is 0.356. The molecular formula is C12H10N2O7. The highest BCUT2D eigenvalue weighted by molar-refractivity contribution is 6.16. The van der Waals surface area contributed by atoms with E-state index in [4.69, 9.17) is 0 Å². The normalized spacial score (nSPS) is 14.9. The van der Waals surface area contributed by atoms with Gasteiger partial charge in [-0.2, -0.15) is 0 Å². The predicted octanol–water partition coefficient (Wildman–Crippen LogP) is -0.120. The van der Waals surface area contributed by atoms with Crippen LogP contribution in [0.1, 0.15) is 15.9 Å². The maximum atomic E-state index is 12.0. The van der Waals surface area contributed by atoms with Gasteiger partial charge in [0.25, 0.3) is 17.1 Å². The third kappa shape index (κ3) is 1.90. The number of carbonyl (C=O) groups excluding carboxylic acids is 3. The topological polar surface area (TPSA) is 125 Å². The molecule has 0 aromatic heterocycles. The van der Waals surface area contributed by atoms with Crippen molar-refractivity contribution in [3.05, 3.63) is 39.4 Å². The average molecular weight is 294 g/mol. The van der Waals surface area contributed by atoms with Gasteiger partial charge in [-0.05, 0) is 6.07 Å². The van der Waals surface area contributed by atoms with Crippen LogP contribution in [0.25, 0.3) is 0 Å². The van der Waals surface area contributed by atoms with Crippen molar-refractivity contribution in [1.82, 2.24) is 5.32 Å². The lowest BCUT2D eigenvalue weighted by atomic mass is 9.90. The Balaban J connectivity index is 2.75. The smallest absolute Gasteiger partial charge is 0.348 e. The Bertz CT molecular complexity index is 652. The van der Waals surface area contributed by atoms with Crippen LogP contribution in [0.3, 0.4) is 0 Å². The number of ether oxygens (including phenoxy) is 2. The Morgan fingerprint density at radius 1 is 1.24 bits per heavy atom. The molecule has 0 aliphatic carbocycles. The van der Waals surface area contributed by atoms with E-state index in [0.29, 0.717) is 0 Å². The molecule has 1 heterocycles. The van der Waals surface area contributed by atoms with Crippen LogP contribution in [0.15, 0.2) is 18.2 Å². The number of methoxy groups -OCH3 is 2. The number of carbonyl (C=O) groups is 3. The first-order valence-corrected chi connectivity index (χ1v) is 5.66. The molecule has 0 saturated carbocycles. The fourth-order valence-corrected chi connectivity index (χ4v) is 2.17. The van der Waals surface area contributed by atoms with E-state index < -0.39 is 28.3 Å². The van der Waals surface area contributed by atoms with Crippen molar-refractivity contribution in [2.45, 2.75) is 5.54 Å². The molecule has 1 amide bonds. The van der Waals surface area contributed by atoms with Crippen molar-refractivity contribution >= 4 is 23.5 Å². The summed E-state index contributed by atoms with van der Waals surface area (Å²) in [6.45, 7) is 0. The van der Waals surface area contributed by atoms with Crippen LogP contribution < -0.4 is 5.32 Å². The molecule has 21 heavy (non-hydrogen) atoms. The number of hydrogen-bond donors (Lipinski definition) is 1. The van der Waals surface area contributed by atoms with Crippen molar-refractivity contribution in [1.29, 1.82) is 0 Å². The zero-order chi connectivity index (χ0) is 15.8.